The first-order chi connectivity index (χ1) is 5.81. The first-order valence-corrected chi connectivity index (χ1v) is 4.94. The van der Waals surface area contributed by atoms with Crippen LogP contribution < -0.4 is 0 Å². The topological polar surface area (TPSA) is 30.2 Å². The van der Waals surface area contributed by atoms with Crippen LogP contribution in [0.5, 0.6) is 0 Å². The van der Waals surface area contributed by atoms with E-state index in [4.69, 9.17) is 11.6 Å². The van der Waals surface area contributed by atoms with E-state index in [9.17, 15) is 0 Å². The van der Waals surface area contributed by atoms with Gasteiger partial charge in [0.25, 0.3) is 0 Å². The van der Waals surface area contributed by atoms with Crippen LogP contribution in [0.4, 0.5) is 0 Å². The van der Waals surface area contributed by atoms with Gasteiger partial charge in [0.15, 0.2) is 5.65 Å². The van der Waals surface area contributed by atoms with Gasteiger partial charge in [-0.1, -0.05) is 11.6 Å². The summed E-state index contributed by atoms with van der Waals surface area (Å²) in [5.74, 6) is 0. The van der Waals surface area contributed by atoms with Crippen LogP contribution in [-0.4, -0.2) is 20.9 Å². The van der Waals surface area contributed by atoms with Crippen LogP contribution in [0.3, 0.4) is 0 Å². The van der Waals surface area contributed by atoms with Crippen molar-refractivity contribution >= 4 is 29.0 Å². The minimum atomic E-state index is 0.725. The molecule has 0 N–H and O–H groups in total. The Morgan fingerprint density at radius 1 is 1.58 bits per heavy atom. The molecule has 0 radical (unpaired) electrons. The number of thioether (sulfide) groups is 1. The maximum absolute atomic E-state index is 5.96. The molecule has 0 spiro atoms. The Bertz CT molecular complexity index is 412. The molecule has 5 heteroatoms. The standard InChI is InChI=1S/C7H6ClN3S/c1-12-6-3-11-7(2-5(6)8)9-4-10-11/h2-4H,1H3. The summed E-state index contributed by atoms with van der Waals surface area (Å²) in [5.41, 5.74) is 0.776. The predicted molar refractivity (Wildman–Crippen MR) is 49.8 cm³/mol. The van der Waals surface area contributed by atoms with Crippen molar-refractivity contribution in [2.24, 2.45) is 0 Å². The third kappa shape index (κ3) is 1.17. The Hall–Kier alpha value is -0.740. The number of hydrogen-bond acceptors (Lipinski definition) is 3. The maximum Gasteiger partial charge on any atom is 0.156 e. The second-order valence-electron chi connectivity index (χ2n) is 2.25. The molecule has 0 saturated heterocycles. The third-order valence-electron chi connectivity index (χ3n) is 1.55. The maximum atomic E-state index is 5.96. The lowest BCUT2D eigenvalue weighted by molar-refractivity contribution is 0.940. The summed E-state index contributed by atoms with van der Waals surface area (Å²) in [6, 6.07) is 1.81. The second kappa shape index (κ2) is 2.95. The molecule has 0 aliphatic carbocycles. The van der Waals surface area contributed by atoms with Gasteiger partial charge in [-0.15, -0.1) is 11.8 Å². The minimum absolute atomic E-state index is 0.725. The fourth-order valence-corrected chi connectivity index (χ4v) is 1.81. The molecule has 3 nitrogen and oxygen atoms in total. The zero-order valence-corrected chi connectivity index (χ0v) is 7.93. The monoisotopic (exact) mass is 199 g/mol. The summed E-state index contributed by atoms with van der Waals surface area (Å²) in [5, 5.41) is 4.73. The van der Waals surface area contributed by atoms with Crippen LogP contribution in [0.1, 0.15) is 0 Å². The number of pyridine rings is 1. The summed E-state index contributed by atoms with van der Waals surface area (Å²) < 4.78 is 1.71. The first kappa shape index (κ1) is 7.89. The van der Waals surface area contributed by atoms with E-state index in [-0.39, 0.29) is 0 Å². The van der Waals surface area contributed by atoms with Crippen LogP contribution in [0.15, 0.2) is 23.5 Å². The van der Waals surface area contributed by atoms with E-state index in [0.29, 0.717) is 0 Å². The number of rotatable bonds is 1. The summed E-state index contributed by atoms with van der Waals surface area (Å²) in [7, 11) is 0. The van der Waals surface area contributed by atoms with Crippen molar-refractivity contribution in [1.29, 1.82) is 0 Å². The van der Waals surface area contributed by atoms with Gasteiger partial charge in [-0.3, -0.25) is 0 Å². The minimum Gasteiger partial charge on any atom is -0.220 e. The van der Waals surface area contributed by atoms with Crippen molar-refractivity contribution in [2.45, 2.75) is 4.90 Å². The van der Waals surface area contributed by atoms with Crippen LogP contribution >= 0.6 is 23.4 Å². The van der Waals surface area contributed by atoms with Crippen molar-refractivity contribution in [3.8, 4) is 0 Å². The molecule has 2 aromatic heterocycles. The molecule has 0 fully saturated rings. The molecule has 2 rings (SSSR count). The highest BCUT2D eigenvalue weighted by Gasteiger charge is 2.02. The number of halogens is 1. The zero-order chi connectivity index (χ0) is 8.55. The molecule has 0 unspecified atom stereocenters. The van der Waals surface area contributed by atoms with Gasteiger partial charge in [0.05, 0.1) is 5.02 Å². The smallest absolute Gasteiger partial charge is 0.156 e. The quantitative estimate of drug-likeness (QED) is 0.659. The normalized spacial score (nSPS) is 10.8. The van der Waals surface area contributed by atoms with Crippen molar-refractivity contribution in [3.63, 3.8) is 0 Å². The van der Waals surface area contributed by atoms with E-state index < -0.39 is 0 Å². The van der Waals surface area contributed by atoms with E-state index in [1.54, 1.807) is 22.3 Å². The molecule has 0 saturated carbocycles. The Morgan fingerprint density at radius 3 is 3.17 bits per heavy atom. The lowest BCUT2D eigenvalue weighted by Gasteiger charge is -1.99. The van der Waals surface area contributed by atoms with Gasteiger partial charge in [0.2, 0.25) is 0 Å². The lowest BCUT2D eigenvalue weighted by Crippen LogP contribution is -1.87. The summed E-state index contributed by atoms with van der Waals surface area (Å²) in [4.78, 5) is 5.02. The number of fused-ring (bicyclic) bond motifs is 1. The largest absolute Gasteiger partial charge is 0.220 e. The highest BCUT2D eigenvalue weighted by Crippen LogP contribution is 2.25. The van der Waals surface area contributed by atoms with Crippen molar-refractivity contribution in [2.75, 3.05) is 6.26 Å². The third-order valence-corrected chi connectivity index (χ3v) is 2.74. The molecular weight excluding hydrogens is 194 g/mol. The fourth-order valence-electron chi connectivity index (χ4n) is 0.969. The lowest BCUT2D eigenvalue weighted by atomic mass is 10.5. The average molecular weight is 200 g/mol. The van der Waals surface area contributed by atoms with E-state index in [1.807, 2.05) is 12.5 Å². The molecule has 0 atom stereocenters. The summed E-state index contributed by atoms with van der Waals surface area (Å²) in [6.45, 7) is 0. The molecule has 0 bridgehead atoms. The Labute approximate surface area is 78.7 Å². The van der Waals surface area contributed by atoms with Gasteiger partial charge in [-0.05, 0) is 6.26 Å². The summed E-state index contributed by atoms with van der Waals surface area (Å²) in [6.07, 6.45) is 5.36. The molecule has 0 aliphatic rings. The van der Waals surface area contributed by atoms with Crippen LogP contribution in [0.25, 0.3) is 5.65 Å². The molecule has 2 heterocycles. The van der Waals surface area contributed by atoms with Crippen LogP contribution in [0.2, 0.25) is 5.02 Å². The van der Waals surface area contributed by atoms with E-state index in [1.165, 1.54) is 6.33 Å². The second-order valence-corrected chi connectivity index (χ2v) is 3.51. The Balaban J connectivity index is 2.73. The number of nitrogens with zero attached hydrogens (tertiary/aromatic N) is 3. The SMILES string of the molecule is CSc1cn2ncnc2cc1Cl. The van der Waals surface area contributed by atoms with E-state index in [2.05, 4.69) is 10.1 Å². The zero-order valence-electron chi connectivity index (χ0n) is 6.36. The highest BCUT2D eigenvalue weighted by molar-refractivity contribution is 7.98. The average Bonchev–Trinajstić information content (AvgIpc) is 2.49. The molecule has 2 aromatic rings. The highest BCUT2D eigenvalue weighted by atomic mass is 35.5. The molecule has 12 heavy (non-hydrogen) atoms. The number of aromatic nitrogens is 3. The Morgan fingerprint density at radius 2 is 2.42 bits per heavy atom. The van der Waals surface area contributed by atoms with Crippen molar-refractivity contribution in [3.05, 3.63) is 23.6 Å². The van der Waals surface area contributed by atoms with Crippen molar-refractivity contribution in [1.82, 2.24) is 14.6 Å². The predicted octanol–water partition coefficient (Wildman–Crippen LogP) is 2.10. The first-order valence-electron chi connectivity index (χ1n) is 3.34. The molecule has 0 aromatic carbocycles. The van der Waals surface area contributed by atoms with Crippen LogP contribution in [0, 0.1) is 0 Å². The van der Waals surface area contributed by atoms with Crippen LogP contribution in [-0.2, 0) is 0 Å². The van der Waals surface area contributed by atoms with Gasteiger partial charge in [0, 0.05) is 17.2 Å². The van der Waals surface area contributed by atoms with Gasteiger partial charge in [0.1, 0.15) is 6.33 Å². The molecule has 0 aliphatic heterocycles. The van der Waals surface area contributed by atoms with Gasteiger partial charge in [-0.25, -0.2) is 9.50 Å². The molecular formula is C7H6ClN3S. The van der Waals surface area contributed by atoms with Crippen molar-refractivity contribution < 1.29 is 0 Å². The van der Waals surface area contributed by atoms with E-state index >= 15 is 0 Å². The van der Waals surface area contributed by atoms with Gasteiger partial charge in [-0.2, -0.15) is 5.10 Å². The number of hydrogen-bond donors (Lipinski definition) is 0. The Kier molecular flexibility index (Phi) is 1.94. The molecule has 0 amide bonds. The molecule has 62 valence electrons. The van der Waals surface area contributed by atoms with E-state index in [0.717, 1.165) is 15.6 Å². The van der Waals surface area contributed by atoms with Gasteiger partial charge >= 0.3 is 0 Å². The fraction of sp³-hybridized carbons (Fsp3) is 0.143. The summed E-state index contributed by atoms with van der Waals surface area (Å²) >= 11 is 7.55. The van der Waals surface area contributed by atoms with Gasteiger partial charge < -0.3 is 0 Å².